The molecule has 2 rings (SSSR count). The molecule has 0 spiro atoms. The van der Waals surface area contributed by atoms with Crippen LogP contribution in [-0.4, -0.2) is 43.8 Å². The van der Waals surface area contributed by atoms with Gasteiger partial charge >= 0.3 is 6.18 Å². The van der Waals surface area contributed by atoms with Gasteiger partial charge in [0.2, 0.25) is 0 Å². The van der Waals surface area contributed by atoms with Gasteiger partial charge in [-0.1, -0.05) is 0 Å². The Morgan fingerprint density at radius 1 is 1.20 bits per heavy atom. The lowest BCUT2D eigenvalue weighted by Crippen LogP contribution is -2.49. The maximum Gasteiger partial charge on any atom is 0.401 e. The van der Waals surface area contributed by atoms with E-state index in [1.165, 1.54) is 4.90 Å². The summed E-state index contributed by atoms with van der Waals surface area (Å²) in [5.41, 5.74) is 2.49. The normalized spacial score (nSPS) is 17.1. The van der Waals surface area contributed by atoms with E-state index in [4.69, 9.17) is 5.26 Å². The van der Waals surface area contributed by atoms with Crippen LogP contribution in [-0.2, 0) is 0 Å². The third-order valence-corrected chi connectivity index (χ3v) is 3.47. The second-order valence-electron chi connectivity index (χ2n) is 4.99. The van der Waals surface area contributed by atoms with Crippen molar-refractivity contribution in [1.29, 1.82) is 5.26 Å². The molecule has 0 radical (unpaired) electrons. The summed E-state index contributed by atoms with van der Waals surface area (Å²) in [5.74, 6) is 0. The molecule has 1 aliphatic heterocycles. The number of benzene rings is 1. The van der Waals surface area contributed by atoms with Crippen LogP contribution in [0.5, 0.6) is 0 Å². The molecular weight excluding hydrogens is 267 g/mol. The number of anilines is 1. The van der Waals surface area contributed by atoms with E-state index in [2.05, 4.69) is 11.0 Å². The van der Waals surface area contributed by atoms with Crippen molar-refractivity contribution in [2.24, 2.45) is 0 Å². The topological polar surface area (TPSA) is 30.3 Å². The molecule has 1 aromatic carbocycles. The first kappa shape index (κ1) is 14.7. The Morgan fingerprint density at radius 3 is 2.35 bits per heavy atom. The molecule has 1 aliphatic rings. The molecule has 0 amide bonds. The number of nitriles is 1. The van der Waals surface area contributed by atoms with Gasteiger partial charge in [-0.2, -0.15) is 18.4 Å². The number of hydrogen-bond donors (Lipinski definition) is 0. The van der Waals surface area contributed by atoms with Crippen molar-refractivity contribution in [2.45, 2.75) is 13.1 Å². The van der Waals surface area contributed by atoms with Gasteiger partial charge < -0.3 is 4.90 Å². The molecule has 20 heavy (non-hydrogen) atoms. The maximum atomic E-state index is 12.3. The molecule has 0 saturated carbocycles. The van der Waals surface area contributed by atoms with Crippen LogP contribution in [0.4, 0.5) is 18.9 Å². The number of halogens is 3. The molecule has 0 N–H and O–H groups in total. The third kappa shape index (κ3) is 3.64. The van der Waals surface area contributed by atoms with E-state index in [1.807, 2.05) is 19.1 Å². The van der Waals surface area contributed by atoms with E-state index in [-0.39, 0.29) is 0 Å². The third-order valence-electron chi connectivity index (χ3n) is 3.47. The summed E-state index contributed by atoms with van der Waals surface area (Å²) in [6.45, 7) is 2.97. The number of nitrogens with zero attached hydrogens (tertiary/aromatic N) is 3. The summed E-state index contributed by atoms with van der Waals surface area (Å²) >= 11 is 0. The highest BCUT2D eigenvalue weighted by atomic mass is 19.4. The van der Waals surface area contributed by atoms with Gasteiger partial charge in [-0.25, -0.2) is 0 Å². The Morgan fingerprint density at radius 2 is 1.85 bits per heavy atom. The minimum absolute atomic E-state index is 0.401. The highest BCUT2D eigenvalue weighted by molar-refractivity contribution is 5.53. The minimum Gasteiger partial charge on any atom is -0.369 e. The zero-order valence-corrected chi connectivity index (χ0v) is 11.2. The highest BCUT2D eigenvalue weighted by Crippen LogP contribution is 2.22. The quantitative estimate of drug-likeness (QED) is 0.835. The first-order valence-corrected chi connectivity index (χ1v) is 6.44. The lowest BCUT2D eigenvalue weighted by atomic mass is 10.1. The van der Waals surface area contributed by atoms with Crippen molar-refractivity contribution in [1.82, 2.24) is 4.90 Å². The van der Waals surface area contributed by atoms with Crippen molar-refractivity contribution in [3.05, 3.63) is 29.3 Å². The maximum absolute atomic E-state index is 12.3. The number of aryl methyl sites for hydroxylation is 1. The first-order valence-electron chi connectivity index (χ1n) is 6.44. The molecule has 6 heteroatoms. The molecule has 0 aromatic heterocycles. The predicted octanol–water partition coefficient (Wildman–Crippen LogP) is 2.55. The van der Waals surface area contributed by atoms with Gasteiger partial charge in [0, 0.05) is 31.9 Å². The van der Waals surface area contributed by atoms with E-state index in [9.17, 15) is 13.2 Å². The second-order valence-corrected chi connectivity index (χ2v) is 4.99. The Labute approximate surface area is 116 Å². The zero-order valence-electron chi connectivity index (χ0n) is 11.2. The average Bonchev–Trinajstić information content (AvgIpc) is 2.37. The Balaban J connectivity index is 1.97. The van der Waals surface area contributed by atoms with Crippen molar-refractivity contribution in [3.63, 3.8) is 0 Å². The fraction of sp³-hybridized carbons (Fsp3) is 0.500. The van der Waals surface area contributed by atoms with Crippen LogP contribution in [0.25, 0.3) is 0 Å². The molecule has 0 unspecified atom stereocenters. The van der Waals surface area contributed by atoms with Crippen molar-refractivity contribution < 1.29 is 13.2 Å². The Kier molecular flexibility index (Phi) is 4.19. The van der Waals surface area contributed by atoms with Gasteiger partial charge in [-0.3, -0.25) is 4.90 Å². The van der Waals surface area contributed by atoms with Gasteiger partial charge in [0.25, 0.3) is 0 Å². The summed E-state index contributed by atoms with van der Waals surface area (Å²) < 4.78 is 36.9. The van der Waals surface area contributed by atoms with Gasteiger partial charge in [0.05, 0.1) is 18.2 Å². The van der Waals surface area contributed by atoms with Crippen LogP contribution in [0.3, 0.4) is 0 Å². The van der Waals surface area contributed by atoms with Crippen LogP contribution in [0, 0.1) is 18.3 Å². The van der Waals surface area contributed by atoms with Crippen molar-refractivity contribution in [3.8, 4) is 6.07 Å². The summed E-state index contributed by atoms with van der Waals surface area (Å²) in [6, 6.07) is 7.63. The van der Waals surface area contributed by atoms with Gasteiger partial charge in [0.1, 0.15) is 0 Å². The minimum atomic E-state index is -4.13. The molecule has 108 valence electrons. The number of alkyl halides is 3. The molecule has 1 saturated heterocycles. The van der Waals surface area contributed by atoms with Gasteiger partial charge in [-0.05, 0) is 30.7 Å². The van der Waals surface area contributed by atoms with E-state index in [0.717, 1.165) is 11.3 Å². The van der Waals surface area contributed by atoms with Crippen LogP contribution in [0.15, 0.2) is 18.2 Å². The molecule has 3 nitrogen and oxygen atoms in total. The summed E-state index contributed by atoms with van der Waals surface area (Å²) in [6.07, 6.45) is -4.13. The lowest BCUT2D eigenvalue weighted by Gasteiger charge is -2.36. The van der Waals surface area contributed by atoms with E-state index in [0.29, 0.717) is 31.7 Å². The lowest BCUT2D eigenvalue weighted by molar-refractivity contribution is -0.146. The molecule has 1 fully saturated rings. The van der Waals surface area contributed by atoms with Crippen LogP contribution < -0.4 is 4.90 Å². The largest absolute Gasteiger partial charge is 0.401 e. The molecular formula is C14H16F3N3. The van der Waals surface area contributed by atoms with Crippen LogP contribution in [0.1, 0.15) is 11.1 Å². The monoisotopic (exact) mass is 283 g/mol. The van der Waals surface area contributed by atoms with Crippen molar-refractivity contribution >= 4 is 5.69 Å². The number of rotatable bonds is 2. The van der Waals surface area contributed by atoms with Crippen LogP contribution in [0.2, 0.25) is 0 Å². The number of hydrogen-bond acceptors (Lipinski definition) is 3. The van der Waals surface area contributed by atoms with Gasteiger partial charge in [-0.15, -0.1) is 0 Å². The van der Waals surface area contributed by atoms with Crippen molar-refractivity contribution in [2.75, 3.05) is 37.6 Å². The summed E-state index contributed by atoms with van der Waals surface area (Å²) in [7, 11) is 0. The summed E-state index contributed by atoms with van der Waals surface area (Å²) in [4.78, 5) is 3.48. The fourth-order valence-electron chi connectivity index (χ4n) is 2.39. The predicted molar refractivity (Wildman–Crippen MR) is 70.6 cm³/mol. The number of piperazine rings is 1. The molecule has 0 aliphatic carbocycles. The van der Waals surface area contributed by atoms with Crippen LogP contribution >= 0.6 is 0 Å². The molecule has 1 aromatic rings. The van der Waals surface area contributed by atoms with E-state index >= 15 is 0 Å². The second kappa shape index (κ2) is 5.71. The Hall–Kier alpha value is -1.74. The zero-order chi connectivity index (χ0) is 14.8. The smallest absolute Gasteiger partial charge is 0.369 e. The SMILES string of the molecule is Cc1cc(N2CCN(CC(F)(F)F)CC2)ccc1C#N. The molecule has 0 bridgehead atoms. The standard InChI is InChI=1S/C14H16F3N3/c1-11-8-13(3-2-12(11)9-18)20-6-4-19(5-7-20)10-14(15,16)17/h2-3,8H,4-7,10H2,1H3. The summed E-state index contributed by atoms with van der Waals surface area (Å²) in [5, 5.41) is 8.89. The average molecular weight is 283 g/mol. The molecule has 1 heterocycles. The highest BCUT2D eigenvalue weighted by Gasteiger charge is 2.32. The molecule has 0 atom stereocenters. The first-order chi connectivity index (χ1) is 9.39. The van der Waals surface area contributed by atoms with Gasteiger partial charge in [0.15, 0.2) is 0 Å². The van der Waals surface area contributed by atoms with E-state index < -0.39 is 12.7 Å². The fourth-order valence-corrected chi connectivity index (χ4v) is 2.39. The van der Waals surface area contributed by atoms with E-state index in [1.54, 1.807) is 6.07 Å². The Bertz CT molecular complexity index is 511.